The van der Waals surface area contributed by atoms with E-state index in [-0.39, 0.29) is 11.3 Å². The molecule has 1 aromatic heterocycles. The monoisotopic (exact) mass is 317 g/mol. The second kappa shape index (κ2) is 5.62. The number of aromatic nitrogens is 2. The van der Waals surface area contributed by atoms with Gasteiger partial charge < -0.3 is 9.64 Å². The summed E-state index contributed by atoms with van der Waals surface area (Å²) in [6, 6.07) is 0.381. The van der Waals surface area contributed by atoms with Gasteiger partial charge in [0.05, 0.1) is 12.3 Å². The summed E-state index contributed by atoms with van der Waals surface area (Å²) >= 11 is 0. The third-order valence-corrected chi connectivity index (χ3v) is 6.58. The molecule has 1 N–H and O–H groups in total. The average molecular weight is 317 g/mol. The largest absolute Gasteiger partial charge is 0.378 e. The van der Waals surface area contributed by atoms with Crippen molar-refractivity contribution in [3.05, 3.63) is 17.5 Å². The maximum atomic E-state index is 13.0. The molecule has 3 atom stereocenters. The Hall–Kier alpha value is -1.36. The molecule has 0 aliphatic heterocycles. The highest BCUT2D eigenvalue weighted by Gasteiger charge is 2.61. The van der Waals surface area contributed by atoms with Crippen LogP contribution < -0.4 is 0 Å². The summed E-state index contributed by atoms with van der Waals surface area (Å²) in [5.41, 5.74) is 2.70. The highest BCUT2D eigenvalue weighted by atomic mass is 16.5. The van der Waals surface area contributed by atoms with Gasteiger partial charge in [0.15, 0.2) is 0 Å². The number of hydrogen-bond acceptors (Lipinski definition) is 3. The molecule has 5 heteroatoms. The van der Waals surface area contributed by atoms with Gasteiger partial charge >= 0.3 is 0 Å². The van der Waals surface area contributed by atoms with Crippen LogP contribution in [0.1, 0.15) is 50.3 Å². The zero-order valence-corrected chi connectivity index (χ0v) is 14.2. The van der Waals surface area contributed by atoms with Gasteiger partial charge in [-0.2, -0.15) is 5.10 Å². The number of nitrogens with zero attached hydrogens (tertiary/aromatic N) is 2. The fraction of sp³-hybridized carbons (Fsp3) is 0.778. The number of aryl methyl sites for hydroxylation is 1. The number of carbonyl (C=O) groups excluding carboxylic acids is 1. The molecule has 2 fully saturated rings. The van der Waals surface area contributed by atoms with Crippen LogP contribution in [0.15, 0.2) is 6.20 Å². The topological polar surface area (TPSA) is 58.2 Å². The summed E-state index contributed by atoms with van der Waals surface area (Å²) in [4.78, 5) is 15.1. The minimum absolute atomic E-state index is 0.119. The molecular formula is C18H27N3O2. The molecule has 1 aromatic rings. The van der Waals surface area contributed by atoms with Crippen LogP contribution in [0.3, 0.4) is 0 Å². The third-order valence-electron chi connectivity index (χ3n) is 6.58. The minimum Gasteiger partial charge on any atom is -0.378 e. The lowest BCUT2D eigenvalue weighted by molar-refractivity contribution is -0.203. The molecule has 0 saturated heterocycles. The SMILES string of the molecule is CCOC1CC(N(C)C(=O)C2CCc3[nH]ncc3C2)C12CCC2. The summed E-state index contributed by atoms with van der Waals surface area (Å²) in [6.07, 6.45) is 9.70. The molecule has 1 heterocycles. The Morgan fingerprint density at radius 3 is 3.04 bits per heavy atom. The van der Waals surface area contributed by atoms with Gasteiger partial charge in [0.1, 0.15) is 0 Å². The van der Waals surface area contributed by atoms with E-state index in [0.717, 1.165) is 32.3 Å². The van der Waals surface area contributed by atoms with Crippen molar-refractivity contribution in [2.75, 3.05) is 13.7 Å². The van der Waals surface area contributed by atoms with E-state index in [9.17, 15) is 4.79 Å². The van der Waals surface area contributed by atoms with E-state index in [2.05, 4.69) is 22.0 Å². The van der Waals surface area contributed by atoms with Gasteiger partial charge in [0, 0.05) is 36.7 Å². The highest BCUT2D eigenvalue weighted by Crippen LogP contribution is 2.59. The number of amides is 1. The summed E-state index contributed by atoms with van der Waals surface area (Å²) in [5, 5.41) is 7.17. The maximum absolute atomic E-state index is 13.0. The highest BCUT2D eigenvalue weighted by molar-refractivity contribution is 5.80. The number of H-pyrrole nitrogens is 1. The van der Waals surface area contributed by atoms with Crippen molar-refractivity contribution in [2.24, 2.45) is 11.3 Å². The molecule has 3 aliphatic rings. The second-order valence-corrected chi connectivity index (χ2v) is 7.54. The first-order valence-electron chi connectivity index (χ1n) is 9.05. The first kappa shape index (κ1) is 15.2. The third kappa shape index (κ3) is 2.24. The molecule has 3 aliphatic carbocycles. The van der Waals surface area contributed by atoms with Gasteiger partial charge in [-0.15, -0.1) is 0 Å². The van der Waals surface area contributed by atoms with E-state index in [1.165, 1.54) is 30.5 Å². The van der Waals surface area contributed by atoms with E-state index in [1.54, 1.807) is 0 Å². The van der Waals surface area contributed by atoms with Crippen LogP contribution in [-0.2, 0) is 22.4 Å². The number of hydrogen-bond donors (Lipinski definition) is 1. The van der Waals surface area contributed by atoms with Gasteiger partial charge in [-0.05, 0) is 51.0 Å². The molecular weight excluding hydrogens is 290 g/mol. The van der Waals surface area contributed by atoms with Crippen LogP contribution in [-0.4, -0.2) is 46.8 Å². The average Bonchev–Trinajstić information content (AvgIpc) is 2.95. The fourth-order valence-electron chi connectivity index (χ4n) is 5.01. The molecule has 3 unspecified atom stereocenters. The Bertz CT molecular complexity index is 593. The van der Waals surface area contributed by atoms with Crippen molar-refractivity contribution in [1.29, 1.82) is 0 Å². The normalized spacial score (nSPS) is 31.1. The number of ether oxygens (including phenoxy) is 1. The van der Waals surface area contributed by atoms with Crippen molar-refractivity contribution in [3.8, 4) is 0 Å². The van der Waals surface area contributed by atoms with Crippen molar-refractivity contribution < 1.29 is 9.53 Å². The molecule has 1 spiro atoms. The first-order valence-corrected chi connectivity index (χ1v) is 9.05. The fourth-order valence-corrected chi connectivity index (χ4v) is 5.01. The number of nitrogens with one attached hydrogen (secondary N) is 1. The molecule has 4 rings (SSSR count). The van der Waals surface area contributed by atoms with E-state index in [4.69, 9.17) is 4.74 Å². The Balaban J connectivity index is 1.43. The van der Waals surface area contributed by atoms with Crippen LogP contribution in [0.25, 0.3) is 0 Å². The van der Waals surface area contributed by atoms with Gasteiger partial charge in [-0.25, -0.2) is 0 Å². The number of fused-ring (bicyclic) bond motifs is 1. The van der Waals surface area contributed by atoms with Crippen molar-refractivity contribution >= 4 is 5.91 Å². The molecule has 5 nitrogen and oxygen atoms in total. The van der Waals surface area contributed by atoms with E-state index in [1.807, 2.05) is 13.2 Å². The van der Waals surface area contributed by atoms with Crippen LogP contribution in [0.4, 0.5) is 0 Å². The maximum Gasteiger partial charge on any atom is 0.226 e. The van der Waals surface area contributed by atoms with Gasteiger partial charge in [-0.1, -0.05) is 6.42 Å². The standard InChI is InChI=1S/C18H27N3O2/c1-3-23-16-10-15(18(16)7-4-8-18)21(2)17(22)12-5-6-14-13(9-12)11-19-20-14/h11-12,15-16H,3-10H2,1-2H3,(H,19,20). The van der Waals surface area contributed by atoms with Gasteiger partial charge in [0.2, 0.25) is 5.91 Å². The van der Waals surface area contributed by atoms with Crippen molar-refractivity contribution in [2.45, 2.75) is 64.0 Å². The Kier molecular flexibility index (Phi) is 3.71. The summed E-state index contributed by atoms with van der Waals surface area (Å²) < 4.78 is 5.93. The Morgan fingerprint density at radius 1 is 1.52 bits per heavy atom. The van der Waals surface area contributed by atoms with E-state index < -0.39 is 0 Å². The summed E-state index contributed by atoms with van der Waals surface area (Å²) in [5.74, 6) is 0.441. The molecule has 0 radical (unpaired) electrons. The lowest BCUT2D eigenvalue weighted by atomic mass is 9.50. The van der Waals surface area contributed by atoms with E-state index in [0.29, 0.717) is 18.1 Å². The molecule has 0 aromatic carbocycles. The predicted octanol–water partition coefficient (Wildman–Crippen LogP) is 2.32. The lowest BCUT2D eigenvalue weighted by Crippen LogP contribution is -2.68. The number of rotatable bonds is 4. The molecule has 23 heavy (non-hydrogen) atoms. The second-order valence-electron chi connectivity index (χ2n) is 7.54. The number of carbonyl (C=O) groups is 1. The Morgan fingerprint density at radius 2 is 2.35 bits per heavy atom. The smallest absolute Gasteiger partial charge is 0.226 e. The van der Waals surface area contributed by atoms with Crippen molar-refractivity contribution in [1.82, 2.24) is 15.1 Å². The van der Waals surface area contributed by atoms with Gasteiger partial charge in [0.25, 0.3) is 0 Å². The van der Waals surface area contributed by atoms with Crippen LogP contribution >= 0.6 is 0 Å². The predicted molar refractivity (Wildman–Crippen MR) is 87.0 cm³/mol. The van der Waals surface area contributed by atoms with E-state index >= 15 is 0 Å². The molecule has 126 valence electrons. The Labute approximate surface area is 137 Å². The summed E-state index contributed by atoms with van der Waals surface area (Å²) in [7, 11) is 2.01. The molecule has 1 amide bonds. The zero-order valence-electron chi connectivity index (χ0n) is 14.2. The van der Waals surface area contributed by atoms with Gasteiger partial charge in [-0.3, -0.25) is 9.89 Å². The summed E-state index contributed by atoms with van der Waals surface area (Å²) in [6.45, 7) is 2.85. The first-order chi connectivity index (χ1) is 11.2. The number of aromatic amines is 1. The zero-order chi connectivity index (χ0) is 16.0. The minimum atomic E-state index is 0.119. The van der Waals surface area contributed by atoms with Crippen molar-refractivity contribution in [3.63, 3.8) is 0 Å². The van der Waals surface area contributed by atoms with Crippen LogP contribution in [0, 0.1) is 11.3 Å². The quantitative estimate of drug-likeness (QED) is 0.927. The molecule has 2 saturated carbocycles. The van der Waals surface area contributed by atoms with Crippen LogP contribution in [0.5, 0.6) is 0 Å². The van der Waals surface area contributed by atoms with Crippen LogP contribution in [0.2, 0.25) is 0 Å². The lowest BCUT2D eigenvalue weighted by Gasteiger charge is -2.63. The molecule has 0 bridgehead atoms.